The molecule has 2 N–H and O–H groups in total. The van der Waals surface area contributed by atoms with Gasteiger partial charge < -0.3 is 39.1 Å². The van der Waals surface area contributed by atoms with E-state index in [2.05, 4.69) is 10.6 Å². The first-order valence-electron chi connectivity index (χ1n) is 11.8. The molecule has 2 aromatic carbocycles. The van der Waals surface area contributed by atoms with Crippen LogP contribution >= 0.6 is 0 Å². The van der Waals surface area contributed by atoms with E-state index in [1.807, 2.05) is 0 Å². The van der Waals surface area contributed by atoms with Crippen LogP contribution in [0.4, 0.5) is 9.59 Å². The van der Waals surface area contributed by atoms with Crippen molar-refractivity contribution >= 4 is 12.2 Å². The van der Waals surface area contributed by atoms with E-state index in [-0.39, 0.29) is 0 Å². The zero-order valence-electron chi connectivity index (χ0n) is 22.9. The first kappa shape index (κ1) is 29.4. The molecule has 0 spiro atoms. The summed E-state index contributed by atoms with van der Waals surface area (Å²) in [4.78, 5) is 24.7. The van der Waals surface area contributed by atoms with E-state index in [9.17, 15) is 9.59 Å². The SMILES string of the molecule is COc1cc(OC)cc(C(C)(C)OC(=O)NCCCNC(=O)OC(C)(C)c2cc(OC)cc(OC)c2)c1. The molecule has 2 aromatic rings. The van der Waals surface area contributed by atoms with Gasteiger partial charge in [-0.15, -0.1) is 0 Å². The maximum absolute atomic E-state index is 12.4. The lowest BCUT2D eigenvalue weighted by atomic mass is 9.97. The molecule has 2 rings (SSSR count). The molecule has 0 aliphatic carbocycles. The van der Waals surface area contributed by atoms with Crippen molar-refractivity contribution in [2.24, 2.45) is 0 Å². The molecule has 2 amide bonds. The number of rotatable bonds is 12. The summed E-state index contributed by atoms with van der Waals surface area (Å²) in [5.74, 6) is 2.38. The van der Waals surface area contributed by atoms with Crippen LogP contribution in [0.5, 0.6) is 23.0 Å². The predicted molar refractivity (Wildman–Crippen MR) is 139 cm³/mol. The van der Waals surface area contributed by atoms with Crippen LogP contribution in [-0.2, 0) is 20.7 Å². The Bertz CT molecular complexity index is 940. The molecule has 204 valence electrons. The van der Waals surface area contributed by atoms with Gasteiger partial charge in [-0.1, -0.05) is 0 Å². The average molecular weight is 519 g/mol. The Hall–Kier alpha value is -3.82. The summed E-state index contributed by atoms with van der Waals surface area (Å²) in [6.45, 7) is 7.70. The van der Waals surface area contributed by atoms with Gasteiger partial charge in [0.05, 0.1) is 28.4 Å². The first-order valence-corrected chi connectivity index (χ1v) is 11.8. The monoisotopic (exact) mass is 518 g/mol. The quantitative estimate of drug-likeness (QED) is 0.388. The first-order chi connectivity index (χ1) is 17.4. The Morgan fingerprint density at radius 1 is 0.595 bits per heavy atom. The molecule has 37 heavy (non-hydrogen) atoms. The lowest BCUT2D eigenvalue weighted by Gasteiger charge is -2.27. The Kier molecular flexibility index (Phi) is 10.3. The Labute approximate surface area is 218 Å². The van der Waals surface area contributed by atoms with Crippen molar-refractivity contribution in [2.45, 2.75) is 45.3 Å². The summed E-state index contributed by atoms with van der Waals surface area (Å²) in [5, 5.41) is 5.39. The lowest BCUT2D eigenvalue weighted by molar-refractivity contribution is 0.0357. The van der Waals surface area contributed by atoms with Gasteiger partial charge in [-0.25, -0.2) is 9.59 Å². The molecule has 0 aromatic heterocycles. The fraction of sp³-hybridized carbons (Fsp3) is 0.481. The molecule has 0 radical (unpaired) electrons. The summed E-state index contributed by atoms with van der Waals surface area (Å²) in [7, 11) is 6.22. The van der Waals surface area contributed by atoms with Crippen LogP contribution in [0.25, 0.3) is 0 Å². The number of methoxy groups -OCH3 is 4. The minimum Gasteiger partial charge on any atom is -0.497 e. The second-order valence-electron chi connectivity index (χ2n) is 9.21. The van der Waals surface area contributed by atoms with E-state index in [0.717, 1.165) is 11.1 Å². The highest BCUT2D eigenvalue weighted by Crippen LogP contribution is 2.33. The summed E-state index contributed by atoms with van der Waals surface area (Å²) in [5.41, 5.74) is -0.413. The Balaban J connectivity index is 1.81. The second-order valence-corrected chi connectivity index (χ2v) is 9.21. The molecule has 0 aliphatic rings. The molecule has 10 heteroatoms. The van der Waals surface area contributed by atoms with Crippen LogP contribution < -0.4 is 29.6 Å². The number of ether oxygens (including phenoxy) is 6. The van der Waals surface area contributed by atoms with Crippen molar-refractivity contribution in [2.75, 3.05) is 41.5 Å². The maximum Gasteiger partial charge on any atom is 0.408 e. The number of benzene rings is 2. The van der Waals surface area contributed by atoms with E-state index in [1.165, 1.54) is 0 Å². The van der Waals surface area contributed by atoms with Crippen molar-refractivity contribution in [3.8, 4) is 23.0 Å². The number of nitrogens with one attached hydrogen (secondary N) is 2. The number of amides is 2. The topological polar surface area (TPSA) is 114 Å². The number of carbonyl (C=O) groups excluding carboxylic acids is 2. The van der Waals surface area contributed by atoms with Gasteiger partial charge in [-0.3, -0.25) is 0 Å². The molecule has 0 heterocycles. The molecule has 0 fully saturated rings. The fourth-order valence-electron chi connectivity index (χ4n) is 3.43. The lowest BCUT2D eigenvalue weighted by Crippen LogP contribution is -2.36. The molecular formula is C27H38N2O8. The van der Waals surface area contributed by atoms with E-state index in [1.54, 1.807) is 92.5 Å². The number of alkyl carbamates (subject to hydrolysis) is 2. The molecule has 0 unspecified atom stereocenters. The van der Waals surface area contributed by atoms with Gasteiger partial charge in [0, 0.05) is 36.3 Å². The summed E-state index contributed by atoms with van der Waals surface area (Å²) < 4.78 is 32.4. The van der Waals surface area contributed by atoms with Gasteiger partial charge in [0.25, 0.3) is 0 Å². The highest BCUT2D eigenvalue weighted by molar-refractivity contribution is 5.68. The predicted octanol–water partition coefficient (Wildman–Crippen LogP) is 4.73. The zero-order chi connectivity index (χ0) is 27.6. The Morgan fingerprint density at radius 3 is 1.16 bits per heavy atom. The van der Waals surface area contributed by atoms with Crippen LogP contribution in [0, 0.1) is 0 Å². The van der Waals surface area contributed by atoms with Crippen molar-refractivity contribution in [1.82, 2.24) is 10.6 Å². The van der Waals surface area contributed by atoms with Gasteiger partial charge in [0.2, 0.25) is 0 Å². The zero-order valence-corrected chi connectivity index (χ0v) is 22.9. The van der Waals surface area contributed by atoms with Crippen molar-refractivity contribution in [1.29, 1.82) is 0 Å². The molecule has 0 aliphatic heterocycles. The van der Waals surface area contributed by atoms with Crippen LogP contribution in [0.3, 0.4) is 0 Å². The summed E-state index contributed by atoms with van der Waals surface area (Å²) >= 11 is 0. The van der Waals surface area contributed by atoms with Gasteiger partial charge in [-0.05, 0) is 58.4 Å². The summed E-state index contributed by atoms with van der Waals surface area (Å²) in [6, 6.07) is 10.6. The smallest absolute Gasteiger partial charge is 0.408 e. The van der Waals surface area contributed by atoms with Crippen LogP contribution in [-0.4, -0.2) is 53.7 Å². The minimum atomic E-state index is -0.928. The van der Waals surface area contributed by atoms with Crippen molar-refractivity contribution in [3.63, 3.8) is 0 Å². The number of hydrogen-bond donors (Lipinski definition) is 2. The number of hydrogen-bond acceptors (Lipinski definition) is 8. The summed E-state index contributed by atoms with van der Waals surface area (Å²) in [6.07, 6.45) is -0.685. The van der Waals surface area contributed by atoms with E-state index in [0.29, 0.717) is 42.5 Å². The van der Waals surface area contributed by atoms with E-state index < -0.39 is 23.4 Å². The number of carbonyl (C=O) groups is 2. The van der Waals surface area contributed by atoms with Gasteiger partial charge in [0.1, 0.15) is 34.2 Å². The third kappa shape index (κ3) is 8.66. The van der Waals surface area contributed by atoms with E-state index >= 15 is 0 Å². The van der Waals surface area contributed by atoms with Crippen LogP contribution in [0.15, 0.2) is 36.4 Å². The molecule has 0 saturated heterocycles. The third-order valence-corrected chi connectivity index (χ3v) is 5.68. The van der Waals surface area contributed by atoms with Crippen molar-refractivity contribution < 1.29 is 38.0 Å². The second kappa shape index (κ2) is 12.9. The van der Waals surface area contributed by atoms with Gasteiger partial charge in [0.15, 0.2) is 0 Å². The van der Waals surface area contributed by atoms with E-state index in [4.69, 9.17) is 28.4 Å². The largest absolute Gasteiger partial charge is 0.497 e. The average Bonchev–Trinajstić information content (AvgIpc) is 2.87. The molecule has 0 bridgehead atoms. The fourth-order valence-corrected chi connectivity index (χ4v) is 3.43. The normalized spacial score (nSPS) is 11.2. The third-order valence-electron chi connectivity index (χ3n) is 5.68. The minimum absolute atomic E-state index is 0.299. The standard InChI is InChI=1S/C27H38N2O8/c1-26(2,18-12-20(32-5)16-21(13-18)33-6)36-24(30)28-10-9-11-29-25(31)37-27(3,4)19-14-22(34-7)17-23(15-19)35-8/h12-17H,9-11H2,1-8H3,(H,28,30)(H,29,31). The van der Waals surface area contributed by atoms with Crippen LogP contribution in [0.2, 0.25) is 0 Å². The molecule has 0 atom stereocenters. The van der Waals surface area contributed by atoms with Crippen molar-refractivity contribution in [3.05, 3.63) is 47.5 Å². The highest BCUT2D eigenvalue weighted by Gasteiger charge is 2.28. The Morgan fingerprint density at radius 2 is 0.892 bits per heavy atom. The highest BCUT2D eigenvalue weighted by atomic mass is 16.6. The molecule has 10 nitrogen and oxygen atoms in total. The molecule has 0 saturated carbocycles. The maximum atomic E-state index is 12.4. The van der Waals surface area contributed by atoms with Crippen LogP contribution in [0.1, 0.15) is 45.2 Å². The van der Waals surface area contributed by atoms with Gasteiger partial charge in [-0.2, -0.15) is 0 Å². The van der Waals surface area contributed by atoms with Gasteiger partial charge >= 0.3 is 12.2 Å². The molecular weight excluding hydrogens is 480 g/mol.